The highest BCUT2D eigenvalue weighted by Crippen LogP contribution is 2.37. The molecule has 1 aliphatic carbocycles. The Labute approximate surface area is 117 Å². The van der Waals surface area contributed by atoms with Crippen LogP contribution < -0.4 is 0 Å². The number of carboxylic acids is 1. The van der Waals surface area contributed by atoms with Crippen LogP contribution in [-0.2, 0) is 4.79 Å². The van der Waals surface area contributed by atoms with Gasteiger partial charge in [0.15, 0.2) is 5.92 Å². The Balaban J connectivity index is 2.26. The molecule has 0 aliphatic heterocycles. The van der Waals surface area contributed by atoms with Crippen molar-refractivity contribution in [2.45, 2.75) is 43.9 Å². The summed E-state index contributed by atoms with van der Waals surface area (Å²) in [5.41, 5.74) is 1.55. The van der Waals surface area contributed by atoms with Gasteiger partial charge < -0.3 is 5.11 Å². The second-order valence-electron chi connectivity index (χ2n) is 5.02. The van der Waals surface area contributed by atoms with E-state index >= 15 is 0 Å². The first-order chi connectivity index (χ1) is 9.13. The highest BCUT2D eigenvalue weighted by atomic mass is 35.5. The van der Waals surface area contributed by atoms with E-state index in [1.807, 2.05) is 6.07 Å². The Morgan fingerprint density at radius 3 is 2.58 bits per heavy atom. The average Bonchev–Trinajstić information content (AvgIpc) is 2.40. The van der Waals surface area contributed by atoms with Gasteiger partial charge in [-0.1, -0.05) is 43.0 Å². The summed E-state index contributed by atoms with van der Waals surface area (Å²) < 4.78 is 0. The fourth-order valence-electron chi connectivity index (χ4n) is 2.74. The third-order valence-electron chi connectivity index (χ3n) is 3.78. The van der Waals surface area contributed by atoms with Crippen molar-refractivity contribution in [1.29, 1.82) is 5.26 Å². The Morgan fingerprint density at radius 2 is 2.05 bits per heavy atom. The number of benzene rings is 1. The van der Waals surface area contributed by atoms with Crippen LogP contribution >= 0.6 is 11.6 Å². The first-order valence-corrected chi connectivity index (χ1v) is 6.93. The number of hydrogen-bond donors (Lipinski definition) is 1. The number of carbonyl (C=O) groups is 1. The van der Waals surface area contributed by atoms with Crippen LogP contribution in [0.1, 0.15) is 55.1 Å². The SMILES string of the molecule is N#CC(C(=O)O)c1ccc(C2CCCCC2)c(Cl)c1. The molecule has 3 nitrogen and oxygen atoms in total. The molecule has 1 fully saturated rings. The van der Waals surface area contributed by atoms with Gasteiger partial charge in [0.1, 0.15) is 0 Å². The fourth-order valence-corrected chi connectivity index (χ4v) is 3.08. The van der Waals surface area contributed by atoms with Crippen LogP contribution in [0, 0.1) is 11.3 Å². The molecular weight excluding hydrogens is 262 g/mol. The summed E-state index contributed by atoms with van der Waals surface area (Å²) in [5, 5.41) is 18.4. The molecule has 1 unspecified atom stereocenters. The molecule has 1 aromatic rings. The first kappa shape index (κ1) is 13.9. The molecule has 0 saturated heterocycles. The zero-order valence-corrected chi connectivity index (χ0v) is 11.4. The topological polar surface area (TPSA) is 61.1 Å². The van der Waals surface area contributed by atoms with Crippen molar-refractivity contribution >= 4 is 17.6 Å². The predicted molar refractivity (Wildman–Crippen MR) is 73.3 cm³/mol. The highest BCUT2D eigenvalue weighted by Gasteiger charge is 2.22. The average molecular weight is 278 g/mol. The van der Waals surface area contributed by atoms with E-state index in [1.165, 1.54) is 19.3 Å². The Hall–Kier alpha value is -1.53. The second kappa shape index (κ2) is 6.08. The summed E-state index contributed by atoms with van der Waals surface area (Å²) in [4.78, 5) is 11.0. The first-order valence-electron chi connectivity index (χ1n) is 6.55. The van der Waals surface area contributed by atoms with Gasteiger partial charge in [0.2, 0.25) is 0 Å². The summed E-state index contributed by atoms with van der Waals surface area (Å²) in [7, 11) is 0. The Morgan fingerprint density at radius 1 is 1.37 bits per heavy atom. The van der Waals surface area contributed by atoms with Gasteiger partial charge in [0.25, 0.3) is 0 Å². The Kier molecular flexibility index (Phi) is 4.44. The molecule has 1 aromatic carbocycles. The molecule has 0 radical (unpaired) electrons. The van der Waals surface area contributed by atoms with E-state index in [2.05, 4.69) is 0 Å². The van der Waals surface area contributed by atoms with Crippen LogP contribution in [0.25, 0.3) is 0 Å². The number of carboxylic acid groups (broad SMARTS) is 1. The van der Waals surface area contributed by atoms with Gasteiger partial charge in [0.05, 0.1) is 6.07 Å². The minimum Gasteiger partial charge on any atom is -0.480 e. The molecule has 0 aromatic heterocycles. The zero-order valence-electron chi connectivity index (χ0n) is 10.6. The maximum Gasteiger partial charge on any atom is 0.325 e. The minimum absolute atomic E-state index is 0.458. The van der Waals surface area contributed by atoms with Gasteiger partial charge in [-0.05, 0) is 36.0 Å². The monoisotopic (exact) mass is 277 g/mol. The maximum absolute atomic E-state index is 11.0. The van der Waals surface area contributed by atoms with Gasteiger partial charge in [-0.3, -0.25) is 4.79 Å². The number of nitriles is 1. The van der Waals surface area contributed by atoms with Crippen molar-refractivity contribution in [1.82, 2.24) is 0 Å². The molecule has 2 rings (SSSR count). The van der Waals surface area contributed by atoms with Crippen molar-refractivity contribution in [2.24, 2.45) is 0 Å². The largest absolute Gasteiger partial charge is 0.480 e. The quantitative estimate of drug-likeness (QED) is 0.905. The van der Waals surface area contributed by atoms with Crippen molar-refractivity contribution in [3.05, 3.63) is 34.3 Å². The number of aliphatic carboxylic acids is 1. The number of halogens is 1. The summed E-state index contributed by atoms with van der Waals surface area (Å²) in [6.45, 7) is 0. The third-order valence-corrected chi connectivity index (χ3v) is 4.11. The van der Waals surface area contributed by atoms with E-state index < -0.39 is 11.9 Å². The van der Waals surface area contributed by atoms with Crippen LogP contribution in [-0.4, -0.2) is 11.1 Å². The summed E-state index contributed by atoms with van der Waals surface area (Å²) in [5.74, 6) is -1.80. The normalized spacial score (nSPS) is 17.7. The minimum atomic E-state index is -1.14. The molecule has 100 valence electrons. The lowest BCUT2D eigenvalue weighted by atomic mass is 9.83. The lowest BCUT2D eigenvalue weighted by molar-refractivity contribution is -0.137. The molecule has 19 heavy (non-hydrogen) atoms. The van der Waals surface area contributed by atoms with E-state index in [1.54, 1.807) is 18.2 Å². The van der Waals surface area contributed by atoms with Crippen LogP contribution in [0.4, 0.5) is 0 Å². The molecule has 1 N–H and O–H groups in total. The molecule has 1 saturated carbocycles. The fraction of sp³-hybridized carbons (Fsp3) is 0.467. The molecule has 0 heterocycles. The van der Waals surface area contributed by atoms with E-state index in [0.717, 1.165) is 18.4 Å². The molecule has 0 spiro atoms. The molecule has 1 atom stereocenters. The third kappa shape index (κ3) is 3.08. The van der Waals surface area contributed by atoms with Crippen LogP contribution in [0.5, 0.6) is 0 Å². The van der Waals surface area contributed by atoms with Gasteiger partial charge in [-0.15, -0.1) is 0 Å². The summed E-state index contributed by atoms with van der Waals surface area (Å²) in [6.07, 6.45) is 6.00. The van der Waals surface area contributed by atoms with Crippen molar-refractivity contribution in [3.63, 3.8) is 0 Å². The molecular formula is C15H16ClNO2. The summed E-state index contributed by atoms with van der Waals surface area (Å²) >= 11 is 6.27. The summed E-state index contributed by atoms with van der Waals surface area (Å²) in [6, 6.07) is 7.03. The van der Waals surface area contributed by atoms with Gasteiger partial charge in [0, 0.05) is 5.02 Å². The number of hydrogen-bond acceptors (Lipinski definition) is 2. The van der Waals surface area contributed by atoms with Crippen molar-refractivity contribution in [2.75, 3.05) is 0 Å². The molecule has 4 heteroatoms. The van der Waals surface area contributed by atoms with E-state index in [4.69, 9.17) is 22.0 Å². The van der Waals surface area contributed by atoms with Crippen molar-refractivity contribution in [3.8, 4) is 6.07 Å². The second-order valence-corrected chi connectivity index (χ2v) is 5.42. The lowest BCUT2D eigenvalue weighted by Crippen LogP contribution is -2.10. The zero-order chi connectivity index (χ0) is 13.8. The molecule has 0 amide bonds. The smallest absolute Gasteiger partial charge is 0.325 e. The van der Waals surface area contributed by atoms with Gasteiger partial charge in [-0.25, -0.2) is 0 Å². The van der Waals surface area contributed by atoms with Crippen molar-refractivity contribution < 1.29 is 9.90 Å². The van der Waals surface area contributed by atoms with E-state index in [0.29, 0.717) is 16.5 Å². The highest BCUT2D eigenvalue weighted by molar-refractivity contribution is 6.31. The van der Waals surface area contributed by atoms with Crippen LogP contribution in [0.2, 0.25) is 5.02 Å². The molecule has 1 aliphatic rings. The lowest BCUT2D eigenvalue weighted by Gasteiger charge is -2.23. The van der Waals surface area contributed by atoms with Gasteiger partial charge >= 0.3 is 5.97 Å². The predicted octanol–water partition coefficient (Wildman–Crippen LogP) is 4.08. The van der Waals surface area contributed by atoms with E-state index in [9.17, 15) is 4.79 Å². The van der Waals surface area contributed by atoms with Crippen LogP contribution in [0.15, 0.2) is 18.2 Å². The van der Waals surface area contributed by atoms with Gasteiger partial charge in [-0.2, -0.15) is 5.26 Å². The van der Waals surface area contributed by atoms with E-state index in [-0.39, 0.29) is 0 Å². The molecule has 0 bridgehead atoms. The maximum atomic E-state index is 11.0. The number of rotatable bonds is 3. The standard InChI is InChI=1S/C15H16ClNO2/c16-14-8-11(13(9-17)15(18)19)6-7-12(14)10-4-2-1-3-5-10/h6-8,10,13H,1-5H2,(H,18,19). The number of nitrogens with zero attached hydrogens (tertiary/aromatic N) is 1. The van der Waals surface area contributed by atoms with Crippen LogP contribution in [0.3, 0.4) is 0 Å². The Bertz CT molecular complexity index is 515.